The summed E-state index contributed by atoms with van der Waals surface area (Å²) in [5.74, 6) is -0.552. The standard InChI is InChI=1S/C12H21N5O3/c1-4-5-9-11(17(19)20)10(16-15-9)12(18)14-8(3)6-7(2)13/h7-8H,4-6,13H2,1-3H3,(H,14,18)(H,15,16). The molecule has 112 valence electrons. The first-order valence-electron chi connectivity index (χ1n) is 6.64. The van der Waals surface area contributed by atoms with E-state index < -0.39 is 10.8 Å². The molecule has 0 aromatic carbocycles. The molecule has 1 amide bonds. The van der Waals surface area contributed by atoms with Crippen LogP contribution in [0.15, 0.2) is 0 Å². The quantitative estimate of drug-likeness (QED) is 0.510. The second-order valence-electron chi connectivity index (χ2n) is 4.99. The number of nitro groups is 1. The normalized spacial score (nSPS) is 13.8. The fourth-order valence-electron chi connectivity index (χ4n) is 2.06. The van der Waals surface area contributed by atoms with Crippen molar-refractivity contribution in [1.29, 1.82) is 0 Å². The molecule has 4 N–H and O–H groups in total. The van der Waals surface area contributed by atoms with E-state index in [2.05, 4.69) is 15.5 Å². The van der Waals surface area contributed by atoms with E-state index in [0.29, 0.717) is 18.5 Å². The van der Waals surface area contributed by atoms with Gasteiger partial charge in [-0.05, 0) is 26.7 Å². The van der Waals surface area contributed by atoms with E-state index in [1.807, 2.05) is 13.8 Å². The van der Waals surface area contributed by atoms with Crippen molar-refractivity contribution in [2.45, 2.75) is 52.1 Å². The Hall–Kier alpha value is -1.96. The van der Waals surface area contributed by atoms with E-state index in [-0.39, 0.29) is 23.5 Å². The Morgan fingerprint density at radius 3 is 2.70 bits per heavy atom. The van der Waals surface area contributed by atoms with Crippen molar-refractivity contribution < 1.29 is 9.72 Å². The van der Waals surface area contributed by atoms with Gasteiger partial charge in [-0.15, -0.1) is 0 Å². The Bertz CT molecular complexity index is 483. The van der Waals surface area contributed by atoms with Gasteiger partial charge in [-0.2, -0.15) is 5.10 Å². The van der Waals surface area contributed by atoms with Crippen LogP contribution in [-0.2, 0) is 6.42 Å². The third-order valence-corrected chi connectivity index (χ3v) is 2.81. The van der Waals surface area contributed by atoms with E-state index in [1.54, 1.807) is 6.92 Å². The molecule has 0 saturated carbocycles. The number of nitrogens with zero attached hydrogens (tertiary/aromatic N) is 2. The summed E-state index contributed by atoms with van der Waals surface area (Å²) >= 11 is 0. The van der Waals surface area contributed by atoms with Gasteiger partial charge in [0, 0.05) is 12.1 Å². The first kappa shape index (κ1) is 16.1. The zero-order valence-electron chi connectivity index (χ0n) is 12.0. The van der Waals surface area contributed by atoms with Crippen molar-refractivity contribution in [3.8, 4) is 0 Å². The Morgan fingerprint density at radius 1 is 1.55 bits per heavy atom. The predicted molar refractivity (Wildman–Crippen MR) is 74.4 cm³/mol. The fourth-order valence-corrected chi connectivity index (χ4v) is 2.06. The number of H-pyrrole nitrogens is 1. The summed E-state index contributed by atoms with van der Waals surface area (Å²) in [6.07, 6.45) is 1.79. The van der Waals surface area contributed by atoms with Gasteiger partial charge in [-0.1, -0.05) is 13.3 Å². The third-order valence-electron chi connectivity index (χ3n) is 2.81. The number of aryl methyl sites for hydroxylation is 1. The lowest BCUT2D eigenvalue weighted by molar-refractivity contribution is -0.385. The lowest BCUT2D eigenvalue weighted by Gasteiger charge is -2.14. The minimum atomic E-state index is -0.570. The highest BCUT2D eigenvalue weighted by Gasteiger charge is 2.29. The maximum absolute atomic E-state index is 12.0. The van der Waals surface area contributed by atoms with Gasteiger partial charge in [-0.25, -0.2) is 0 Å². The number of amides is 1. The summed E-state index contributed by atoms with van der Waals surface area (Å²) in [5, 5.41) is 20.1. The second kappa shape index (κ2) is 6.99. The van der Waals surface area contributed by atoms with Crippen LogP contribution < -0.4 is 11.1 Å². The lowest BCUT2D eigenvalue weighted by Crippen LogP contribution is -2.37. The van der Waals surface area contributed by atoms with Crippen LogP contribution in [0.25, 0.3) is 0 Å². The van der Waals surface area contributed by atoms with E-state index in [0.717, 1.165) is 6.42 Å². The average molecular weight is 283 g/mol. The summed E-state index contributed by atoms with van der Waals surface area (Å²) in [6.45, 7) is 5.53. The van der Waals surface area contributed by atoms with Gasteiger partial charge in [0.15, 0.2) is 0 Å². The molecule has 0 bridgehead atoms. The first-order chi connectivity index (χ1) is 9.36. The number of aromatic nitrogens is 2. The Morgan fingerprint density at radius 2 is 2.20 bits per heavy atom. The average Bonchev–Trinajstić information content (AvgIpc) is 2.72. The molecule has 0 fully saturated rings. The maximum Gasteiger partial charge on any atom is 0.322 e. The topological polar surface area (TPSA) is 127 Å². The molecule has 0 radical (unpaired) electrons. The van der Waals surface area contributed by atoms with E-state index in [9.17, 15) is 14.9 Å². The van der Waals surface area contributed by atoms with Gasteiger partial charge >= 0.3 is 5.69 Å². The van der Waals surface area contributed by atoms with Gasteiger partial charge in [0.1, 0.15) is 5.69 Å². The SMILES string of the molecule is CCCc1[nH]nc(C(=O)NC(C)CC(C)N)c1[N+](=O)[O-]. The van der Waals surface area contributed by atoms with Gasteiger partial charge in [0.05, 0.1) is 4.92 Å². The van der Waals surface area contributed by atoms with Gasteiger partial charge in [0.2, 0.25) is 5.69 Å². The van der Waals surface area contributed by atoms with E-state index in [4.69, 9.17) is 5.73 Å². The van der Waals surface area contributed by atoms with Crippen molar-refractivity contribution in [3.05, 3.63) is 21.5 Å². The number of aromatic amines is 1. The van der Waals surface area contributed by atoms with Crippen LogP contribution in [0.3, 0.4) is 0 Å². The van der Waals surface area contributed by atoms with Crippen LogP contribution in [0.5, 0.6) is 0 Å². The number of carbonyl (C=O) groups is 1. The van der Waals surface area contributed by atoms with Crippen molar-refractivity contribution in [2.24, 2.45) is 5.73 Å². The second-order valence-corrected chi connectivity index (χ2v) is 4.99. The molecule has 1 aromatic rings. The molecule has 2 unspecified atom stereocenters. The molecule has 8 heteroatoms. The Kier molecular flexibility index (Phi) is 5.63. The highest BCUT2D eigenvalue weighted by molar-refractivity contribution is 5.96. The number of rotatable bonds is 7. The van der Waals surface area contributed by atoms with E-state index >= 15 is 0 Å². The fraction of sp³-hybridized carbons (Fsp3) is 0.667. The summed E-state index contributed by atoms with van der Waals surface area (Å²) in [4.78, 5) is 22.6. The number of hydrogen-bond acceptors (Lipinski definition) is 5. The zero-order valence-corrected chi connectivity index (χ0v) is 12.0. The molecule has 0 aliphatic rings. The first-order valence-corrected chi connectivity index (χ1v) is 6.64. The summed E-state index contributed by atoms with van der Waals surface area (Å²) < 4.78 is 0. The lowest BCUT2D eigenvalue weighted by atomic mass is 10.1. The molecule has 0 saturated heterocycles. The van der Waals surface area contributed by atoms with Crippen molar-refractivity contribution in [1.82, 2.24) is 15.5 Å². The molecule has 0 aliphatic heterocycles. The van der Waals surface area contributed by atoms with Crippen LogP contribution >= 0.6 is 0 Å². The van der Waals surface area contributed by atoms with Crippen LogP contribution in [0.2, 0.25) is 0 Å². The van der Waals surface area contributed by atoms with E-state index in [1.165, 1.54) is 0 Å². The Labute approximate surface area is 117 Å². The molecule has 0 aliphatic carbocycles. The van der Waals surface area contributed by atoms with Gasteiger partial charge < -0.3 is 11.1 Å². The highest BCUT2D eigenvalue weighted by Crippen LogP contribution is 2.22. The maximum atomic E-state index is 12.0. The summed E-state index contributed by atoms with van der Waals surface area (Å²) in [6, 6.07) is -0.233. The minimum Gasteiger partial charge on any atom is -0.348 e. The van der Waals surface area contributed by atoms with Crippen LogP contribution in [0.4, 0.5) is 5.69 Å². The molecule has 20 heavy (non-hydrogen) atoms. The monoisotopic (exact) mass is 283 g/mol. The molecule has 1 heterocycles. The summed E-state index contributed by atoms with van der Waals surface area (Å²) in [7, 11) is 0. The van der Waals surface area contributed by atoms with Crippen molar-refractivity contribution in [2.75, 3.05) is 0 Å². The molecular weight excluding hydrogens is 262 g/mol. The summed E-state index contributed by atoms with van der Waals surface area (Å²) in [5.41, 5.74) is 5.62. The predicted octanol–water partition coefficient (Wildman–Crippen LogP) is 1.13. The molecule has 2 atom stereocenters. The third kappa shape index (κ3) is 4.02. The number of nitrogens with two attached hydrogens (primary N) is 1. The molecule has 8 nitrogen and oxygen atoms in total. The number of hydrogen-bond donors (Lipinski definition) is 3. The van der Waals surface area contributed by atoms with Crippen molar-refractivity contribution >= 4 is 11.6 Å². The number of nitrogens with one attached hydrogen (secondary N) is 2. The number of carbonyl (C=O) groups excluding carboxylic acids is 1. The largest absolute Gasteiger partial charge is 0.348 e. The van der Waals surface area contributed by atoms with Gasteiger partial charge in [-0.3, -0.25) is 20.0 Å². The van der Waals surface area contributed by atoms with Crippen LogP contribution in [-0.4, -0.2) is 33.1 Å². The molecule has 0 spiro atoms. The Balaban J connectivity index is 2.90. The minimum absolute atomic E-state index is 0.0601. The molecular formula is C12H21N5O3. The van der Waals surface area contributed by atoms with Crippen LogP contribution in [0.1, 0.15) is 49.8 Å². The molecule has 1 aromatic heterocycles. The van der Waals surface area contributed by atoms with Crippen LogP contribution in [0, 0.1) is 10.1 Å². The van der Waals surface area contributed by atoms with Crippen molar-refractivity contribution in [3.63, 3.8) is 0 Å². The highest BCUT2D eigenvalue weighted by atomic mass is 16.6. The van der Waals surface area contributed by atoms with Gasteiger partial charge in [0.25, 0.3) is 5.91 Å². The molecule has 1 rings (SSSR count). The zero-order chi connectivity index (χ0) is 15.3. The smallest absolute Gasteiger partial charge is 0.322 e.